The molecule has 3 aliphatic rings. The van der Waals surface area contributed by atoms with E-state index in [1.165, 1.54) is 0 Å². The van der Waals surface area contributed by atoms with E-state index in [4.69, 9.17) is 0 Å². The lowest BCUT2D eigenvalue weighted by Gasteiger charge is -2.39. The Labute approximate surface area is 85.5 Å². The first-order valence-corrected chi connectivity index (χ1v) is 6.10. The van der Waals surface area contributed by atoms with Crippen molar-refractivity contribution in [2.75, 3.05) is 6.54 Å². The van der Waals surface area contributed by atoms with Crippen molar-refractivity contribution in [2.24, 2.45) is 23.7 Å². The Kier molecular flexibility index (Phi) is 1.77. The van der Waals surface area contributed by atoms with Gasteiger partial charge in [-0.1, -0.05) is 20.3 Å². The summed E-state index contributed by atoms with van der Waals surface area (Å²) in [4.78, 5) is 0. The van der Waals surface area contributed by atoms with Gasteiger partial charge in [0.25, 0.3) is 0 Å². The molecule has 0 aromatic heterocycles. The van der Waals surface area contributed by atoms with Crippen LogP contribution in [0.3, 0.4) is 0 Å². The van der Waals surface area contributed by atoms with Crippen LogP contribution in [0, 0.1) is 23.7 Å². The van der Waals surface area contributed by atoms with Crippen LogP contribution in [-0.4, -0.2) is 18.3 Å². The van der Waals surface area contributed by atoms with Crippen LogP contribution in [0.1, 0.15) is 33.1 Å². The predicted octanol–water partition coefficient (Wildman–Crippen LogP) is 2.37. The Bertz CT molecular complexity index is 253. The van der Waals surface area contributed by atoms with E-state index in [1.54, 1.807) is 0 Å². The van der Waals surface area contributed by atoms with Crippen molar-refractivity contribution in [3.05, 3.63) is 0 Å². The van der Waals surface area contributed by atoms with Gasteiger partial charge in [-0.05, 0) is 43.1 Å². The van der Waals surface area contributed by atoms with Gasteiger partial charge in [-0.15, -0.1) is 0 Å². The van der Waals surface area contributed by atoms with E-state index < -0.39 is 5.67 Å². The molecular formula is C12H20FN. The lowest BCUT2D eigenvalue weighted by atomic mass is 9.72. The molecule has 6 atom stereocenters. The average Bonchev–Trinajstić information content (AvgIpc) is 2.76. The van der Waals surface area contributed by atoms with Crippen LogP contribution in [0.25, 0.3) is 0 Å². The van der Waals surface area contributed by atoms with Crippen LogP contribution in [0.15, 0.2) is 0 Å². The van der Waals surface area contributed by atoms with Crippen molar-refractivity contribution in [3.8, 4) is 0 Å². The van der Waals surface area contributed by atoms with Gasteiger partial charge in [0.2, 0.25) is 0 Å². The Hall–Kier alpha value is -0.110. The van der Waals surface area contributed by atoms with Crippen LogP contribution in [0.4, 0.5) is 4.39 Å². The molecule has 1 N–H and O–H groups in total. The van der Waals surface area contributed by atoms with Crippen molar-refractivity contribution < 1.29 is 4.39 Å². The molecule has 0 spiro atoms. The van der Waals surface area contributed by atoms with Gasteiger partial charge in [-0.3, -0.25) is 0 Å². The summed E-state index contributed by atoms with van der Waals surface area (Å²) < 4.78 is 15.0. The molecule has 0 amide bonds. The maximum absolute atomic E-state index is 15.0. The molecule has 0 aromatic rings. The molecule has 2 heteroatoms. The summed E-state index contributed by atoms with van der Waals surface area (Å²) >= 11 is 0. The quantitative estimate of drug-likeness (QED) is 0.716. The highest BCUT2D eigenvalue weighted by Crippen LogP contribution is 2.60. The predicted molar refractivity (Wildman–Crippen MR) is 54.8 cm³/mol. The zero-order chi connectivity index (χ0) is 9.92. The van der Waals surface area contributed by atoms with Gasteiger partial charge in [0.1, 0.15) is 5.67 Å². The third-order valence-electron chi connectivity index (χ3n) is 5.25. The van der Waals surface area contributed by atoms with Gasteiger partial charge in [0, 0.05) is 6.04 Å². The second kappa shape index (κ2) is 2.72. The molecule has 1 saturated heterocycles. The second-order valence-electron chi connectivity index (χ2n) is 5.61. The summed E-state index contributed by atoms with van der Waals surface area (Å²) in [6.07, 6.45) is 3.28. The highest BCUT2D eigenvalue weighted by atomic mass is 19.1. The maximum Gasteiger partial charge on any atom is 0.131 e. The standard InChI is InChI=1S/C12H20FN/c1-3-7(2)12(13)9-4-8-6-14-11(12)10(8)5-9/h7-11,14H,3-6H2,1-2H3. The third kappa shape index (κ3) is 0.843. The number of fused-ring (bicyclic) bond motifs is 1. The minimum absolute atomic E-state index is 0.196. The van der Waals surface area contributed by atoms with E-state index in [0.717, 1.165) is 31.7 Å². The van der Waals surface area contributed by atoms with Crippen molar-refractivity contribution in [1.82, 2.24) is 5.32 Å². The zero-order valence-electron chi connectivity index (χ0n) is 9.09. The van der Waals surface area contributed by atoms with Gasteiger partial charge in [-0.25, -0.2) is 4.39 Å². The maximum atomic E-state index is 15.0. The first kappa shape index (κ1) is 9.14. The van der Waals surface area contributed by atoms with E-state index in [1.807, 2.05) is 0 Å². The fourth-order valence-corrected chi connectivity index (χ4v) is 4.35. The van der Waals surface area contributed by atoms with E-state index in [0.29, 0.717) is 11.8 Å². The van der Waals surface area contributed by atoms with Gasteiger partial charge >= 0.3 is 0 Å². The molecule has 6 unspecified atom stereocenters. The van der Waals surface area contributed by atoms with Crippen LogP contribution in [0.2, 0.25) is 0 Å². The van der Waals surface area contributed by atoms with Gasteiger partial charge in [0.15, 0.2) is 0 Å². The van der Waals surface area contributed by atoms with Gasteiger partial charge in [-0.2, -0.15) is 0 Å². The molecule has 3 rings (SSSR count). The Balaban J connectivity index is 1.94. The lowest BCUT2D eigenvalue weighted by molar-refractivity contribution is 0.00538. The van der Waals surface area contributed by atoms with E-state index in [9.17, 15) is 0 Å². The summed E-state index contributed by atoms with van der Waals surface area (Å²) in [6, 6.07) is 0.196. The Morgan fingerprint density at radius 2 is 2.29 bits per heavy atom. The Morgan fingerprint density at radius 1 is 1.50 bits per heavy atom. The molecule has 1 aliphatic heterocycles. The number of hydrogen-bond acceptors (Lipinski definition) is 1. The molecule has 0 radical (unpaired) electrons. The normalized spacial score (nSPS) is 56.8. The SMILES string of the molecule is CCC(C)C1(F)C2CC3CNC1C3C2. The smallest absolute Gasteiger partial charge is 0.131 e. The summed E-state index contributed by atoms with van der Waals surface area (Å²) in [5.41, 5.74) is -0.883. The van der Waals surface area contributed by atoms with Crippen molar-refractivity contribution >= 4 is 0 Å². The molecule has 2 bridgehead atoms. The number of nitrogens with one attached hydrogen (secondary N) is 1. The summed E-state index contributed by atoms with van der Waals surface area (Å²) in [7, 11) is 0. The van der Waals surface area contributed by atoms with Crippen LogP contribution >= 0.6 is 0 Å². The lowest BCUT2D eigenvalue weighted by Crippen LogP contribution is -2.51. The summed E-state index contributed by atoms with van der Waals surface area (Å²) in [5.74, 6) is 2.07. The molecule has 0 aromatic carbocycles. The van der Waals surface area contributed by atoms with Crippen LogP contribution in [-0.2, 0) is 0 Å². The van der Waals surface area contributed by atoms with E-state index >= 15 is 4.39 Å². The highest BCUT2D eigenvalue weighted by molar-refractivity contribution is 5.18. The van der Waals surface area contributed by atoms with Crippen molar-refractivity contribution in [2.45, 2.75) is 44.8 Å². The number of hydrogen-bond donors (Lipinski definition) is 1. The topological polar surface area (TPSA) is 12.0 Å². The molecule has 1 heterocycles. The zero-order valence-corrected chi connectivity index (χ0v) is 9.09. The largest absolute Gasteiger partial charge is 0.310 e. The first-order valence-electron chi connectivity index (χ1n) is 6.10. The molecule has 2 saturated carbocycles. The Morgan fingerprint density at radius 3 is 3.00 bits per heavy atom. The molecule has 3 fully saturated rings. The molecular weight excluding hydrogens is 177 g/mol. The van der Waals surface area contributed by atoms with Crippen LogP contribution in [0.5, 0.6) is 0 Å². The molecule has 14 heavy (non-hydrogen) atoms. The van der Waals surface area contributed by atoms with E-state index in [2.05, 4.69) is 19.2 Å². The van der Waals surface area contributed by atoms with Gasteiger partial charge in [0.05, 0.1) is 0 Å². The monoisotopic (exact) mass is 197 g/mol. The van der Waals surface area contributed by atoms with Crippen LogP contribution < -0.4 is 5.32 Å². The fraction of sp³-hybridized carbons (Fsp3) is 1.00. The average molecular weight is 197 g/mol. The molecule has 2 aliphatic carbocycles. The van der Waals surface area contributed by atoms with Crippen molar-refractivity contribution in [3.63, 3.8) is 0 Å². The number of halogens is 1. The number of alkyl halides is 1. The molecule has 80 valence electrons. The molecule has 1 nitrogen and oxygen atoms in total. The third-order valence-corrected chi connectivity index (χ3v) is 5.25. The first-order chi connectivity index (χ1) is 6.67. The minimum atomic E-state index is -0.883. The van der Waals surface area contributed by atoms with Crippen molar-refractivity contribution in [1.29, 1.82) is 0 Å². The minimum Gasteiger partial charge on any atom is -0.310 e. The summed E-state index contributed by atoms with van der Waals surface area (Å²) in [5, 5.41) is 3.44. The second-order valence-corrected chi connectivity index (χ2v) is 5.61. The fourth-order valence-electron chi connectivity index (χ4n) is 4.35. The highest BCUT2D eigenvalue weighted by Gasteiger charge is 2.66. The van der Waals surface area contributed by atoms with E-state index in [-0.39, 0.29) is 12.0 Å². The van der Waals surface area contributed by atoms with Gasteiger partial charge < -0.3 is 5.32 Å². The summed E-state index contributed by atoms with van der Waals surface area (Å²) in [6.45, 7) is 5.29. The number of rotatable bonds is 2.